The number of thioether (sulfide) groups is 1. The van der Waals surface area contributed by atoms with Crippen LogP contribution in [0.15, 0.2) is 17.5 Å². The van der Waals surface area contributed by atoms with Gasteiger partial charge in [0.05, 0.1) is 11.3 Å². The van der Waals surface area contributed by atoms with Crippen LogP contribution in [-0.4, -0.2) is 77.0 Å². The van der Waals surface area contributed by atoms with Crippen LogP contribution in [-0.2, 0) is 14.4 Å². The standard InChI is InChI=1S/C22H33N3O5S2/c26-20(27)13-25-12-19(18-6-3-11-31-18)32-14-17(21(25)28)24-16(22(29)30)5-2-1-4-15-7-9-23-10-8-15/h3,6,11,15-17,19,23-24H,1-2,4-5,7-10,12-14H2,(H,26,27)(H,29,30). The summed E-state index contributed by atoms with van der Waals surface area (Å²) < 4.78 is 0. The Morgan fingerprint density at radius 2 is 2.03 bits per heavy atom. The van der Waals surface area contributed by atoms with Gasteiger partial charge in [-0.1, -0.05) is 25.3 Å². The Bertz CT molecular complexity index is 755. The quantitative estimate of drug-likeness (QED) is 0.354. The minimum Gasteiger partial charge on any atom is -0.480 e. The first-order valence-corrected chi connectivity index (χ1v) is 13.2. The minimum absolute atomic E-state index is 0.0154. The van der Waals surface area contributed by atoms with E-state index >= 15 is 0 Å². The molecule has 10 heteroatoms. The summed E-state index contributed by atoms with van der Waals surface area (Å²) in [5.41, 5.74) is 0. The van der Waals surface area contributed by atoms with E-state index < -0.39 is 24.0 Å². The molecule has 2 aliphatic heterocycles. The van der Waals surface area contributed by atoms with Crippen LogP contribution in [0.1, 0.15) is 48.7 Å². The number of aliphatic carboxylic acids is 2. The van der Waals surface area contributed by atoms with Crippen molar-refractivity contribution in [3.8, 4) is 0 Å². The molecule has 0 aliphatic carbocycles. The number of unbranched alkanes of at least 4 members (excludes halogenated alkanes) is 1. The van der Waals surface area contributed by atoms with Gasteiger partial charge in [-0.15, -0.1) is 23.1 Å². The van der Waals surface area contributed by atoms with E-state index in [9.17, 15) is 24.6 Å². The van der Waals surface area contributed by atoms with Gasteiger partial charge in [0.25, 0.3) is 0 Å². The Labute approximate surface area is 197 Å². The van der Waals surface area contributed by atoms with Gasteiger partial charge in [-0.2, -0.15) is 0 Å². The Morgan fingerprint density at radius 1 is 1.25 bits per heavy atom. The molecule has 2 fully saturated rings. The average Bonchev–Trinajstić information content (AvgIpc) is 3.26. The van der Waals surface area contributed by atoms with E-state index in [0.29, 0.717) is 24.6 Å². The molecule has 0 spiro atoms. The summed E-state index contributed by atoms with van der Waals surface area (Å²) in [5, 5.41) is 27.4. The number of hydrogen-bond acceptors (Lipinski definition) is 7. The summed E-state index contributed by atoms with van der Waals surface area (Å²) in [4.78, 5) is 38.7. The van der Waals surface area contributed by atoms with Crippen molar-refractivity contribution in [1.29, 1.82) is 0 Å². The number of hydrogen-bond donors (Lipinski definition) is 4. The summed E-state index contributed by atoms with van der Waals surface area (Å²) in [7, 11) is 0. The summed E-state index contributed by atoms with van der Waals surface area (Å²) in [6, 6.07) is 2.40. The van der Waals surface area contributed by atoms with Crippen molar-refractivity contribution >= 4 is 40.9 Å². The van der Waals surface area contributed by atoms with E-state index in [1.807, 2.05) is 17.5 Å². The van der Waals surface area contributed by atoms with E-state index in [1.54, 1.807) is 23.1 Å². The molecule has 3 heterocycles. The van der Waals surface area contributed by atoms with E-state index in [1.165, 1.54) is 17.7 Å². The van der Waals surface area contributed by atoms with E-state index in [4.69, 9.17) is 0 Å². The van der Waals surface area contributed by atoms with Gasteiger partial charge < -0.3 is 20.4 Å². The number of amides is 1. The fraction of sp³-hybridized carbons (Fsp3) is 0.682. The van der Waals surface area contributed by atoms with Crippen LogP contribution in [0.5, 0.6) is 0 Å². The molecule has 178 valence electrons. The Kier molecular flexibility index (Phi) is 9.83. The lowest BCUT2D eigenvalue weighted by atomic mass is 9.92. The van der Waals surface area contributed by atoms with Crippen molar-refractivity contribution in [1.82, 2.24) is 15.5 Å². The highest BCUT2D eigenvalue weighted by Gasteiger charge is 2.35. The Hall–Kier alpha value is -1.62. The number of carbonyl (C=O) groups excluding carboxylic acids is 1. The van der Waals surface area contributed by atoms with Crippen molar-refractivity contribution < 1.29 is 24.6 Å². The molecule has 0 saturated carbocycles. The van der Waals surface area contributed by atoms with Crippen LogP contribution in [0.25, 0.3) is 0 Å². The van der Waals surface area contributed by atoms with Crippen molar-refractivity contribution in [2.75, 3.05) is 31.9 Å². The second-order valence-corrected chi connectivity index (χ2v) is 10.8. The predicted molar refractivity (Wildman–Crippen MR) is 126 cm³/mol. The molecule has 1 aromatic rings. The van der Waals surface area contributed by atoms with Crippen LogP contribution >= 0.6 is 23.1 Å². The maximum Gasteiger partial charge on any atom is 0.323 e. The first-order valence-electron chi connectivity index (χ1n) is 11.3. The van der Waals surface area contributed by atoms with Crippen LogP contribution in [0.2, 0.25) is 0 Å². The van der Waals surface area contributed by atoms with Crippen LogP contribution in [0.3, 0.4) is 0 Å². The largest absolute Gasteiger partial charge is 0.480 e. The fourth-order valence-corrected chi connectivity index (χ4v) is 6.65. The lowest BCUT2D eigenvalue weighted by Crippen LogP contribution is -2.53. The molecule has 0 bridgehead atoms. The van der Waals surface area contributed by atoms with Crippen LogP contribution < -0.4 is 10.6 Å². The monoisotopic (exact) mass is 483 g/mol. The molecule has 3 unspecified atom stereocenters. The number of piperidine rings is 1. The maximum atomic E-state index is 13.1. The number of carboxylic acids is 2. The molecule has 3 rings (SSSR count). The highest BCUT2D eigenvalue weighted by atomic mass is 32.2. The van der Waals surface area contributed by atoms with Gasteiger partial charge in [0, 0.05) is 17.2 Å². The summed E-state index contributed by atoms with van der Waals surface area (Å²) in [6.07, 6.45) is 5.70. The molecule has 8 nitrogen and oxygen atoms in total. The zero-order valence-corrected chi connectivity index (χ0v) is 19.8. The average molecular weight is 484 g/mol. The van der Waals surface area contributed by atoms with Gasteiger partial charge in [0.15, 0.2) is 0 Å². The van der Waals surface area contributed by atoms with Gasteiger partial charge >= 0.3 is 11.9 Å². The summed E-state index contributed by atoms with van der Waals surface area (Å²) in [6.45, 7) is 2.05. The fourth-order valence-electron chi connectivity index (χ4n) is 4.39. The molecule has 32 heavy (non-hydrogen) atoms. The van der Waals surface area contributed by atoms with Crippen molar-refractivity contribution in [2.45, 2.75) is 55.9 Å². The predicted octanol–water partition coefficient (Wildman–Crippen LogP) is 2.42. The molecule has 4 N–H and O–H groups in total. The van der Waals surface area contributed by atoms with E-state index in [2.05, 4.69) is 10.6 Å². The van der Waals surface area contributed by atoms with E-state index in [0.717, 1.165) is 37.2 Å². The first-order chi connectivity index (χ1) is 15.4. The number of thiophene rings is 1. The third-order valence-corrected chi connectivity index (χ3v) is 8.63. The Morgan fingerprint density at radius 3 is 2.69 bits per heavy atom. The number of carbonyl (C=O) groups is 3. The second kappa shape index (κ2) is 12.6. The second-order valence-electron chi connectivity index (χ2n) is 8.54. The van der Waals surface area contributed by atoms with Gasteiger partial charge in [-0.3, -0.25) is 19.7 Å². The van der Waals surface area contributed by atoms with Crippen molar-refractivity contribution in [2.24, 2.45) is 5.92 Å². The van der Waals surface area contributed by atoms with Crippen LogP contribution in [0.4, 0.5) is 0 Å². The summed E-state index contributed by atoms with van der Waals surface area (Å²) >= 11 is 3.16. The molecule has 2 saturated heterocycles. The molecule has 1 aromatic heterocycles. The highest BCUT2D eigenvalue weighted by molar-refractivity contribution is 7.99. The van der Waals surface area contributed by atoms with Crippen molar-refractivity contribution in [3.63, 3.8) is 0 Å². The maximum absolute atomic E-state index is 13.1. The van der Waals surface area contributed by atoms with Gasteiger partial charge in [-0.25, -0.2) is 0 Å². The van der Waals surface area contributed by atoms with Crippen molar-refractivity contribution in [3.05, 3.63) is 22.4 Å². The van der Waals surface area contributed by atoms with Gasteiger partial charge in [0.1, 0.15) is 12.6 Å². The molecule has 0 aromatic carbocycles. The molecule has 1 amide bonds. The highest BCUT2D eigenvalue weighted by Crippen LogP contribution is 2.35. The zero-order valence-electron chi connectivity index (χ0n) is 18.2. The molecular weight excluding hydrogens is 450 g/mol. The Balaban J connectivity index is 1.57. The molecule has 2 aliphatic rings. The molecular formula is C22H33N3O5S2. The number of nitrogens with zero attached hydrogens (tertiary/aromatic N) is 1. The smallest absolute Gasteiger partial charge is 0.323 e. The minimum atomic E-state index is -1.07. The molecule has 3 atom stereocenters. The third-order valence-electron chi connectivity index (χ3n) is 6.16. The first kappa shape index (κ1) is 25.0. The van der Waals surface area contributed by atoms with Crippen LogP contribution in [0, 0.1) is 5.92 Å². The number of rotatable bonds is 11. The lowest BCUT2D eigenvalue weighted by molar-refractivity contribution is -0.146. The SMILES string of the molecule is O=C(O)CN1CC(c2cccs2)SCC(NC(CCCCC2CCNCC2)C(=O)O)C1=O. The normalized spacial score (nSPS) is 23.6. The van der Waals surface area contributed by atoms with Gasteiger partial charge in [0.2, 0.25) is 5.91 Å². The van der Waals surface area contributed by atoms with Gasteiger partial charge in [-0.05, 0) is 49.7 Å². The summed E-state index contributed by atoms with van der Waals surface area (Å²) in [5.74, 6) is -1.24. The lowest BCUT2D eigenvalue weighted by Gasteiger charge is -2.26. The van der Waals surface area contributed by atoms with E-state index in [-0.39, 0.29) is 17.7 Å². The third kappa shape index (κ3) is 7.47. The topological polar surface area (TPSA) is 119 Å². The number of carboxylic acid groups (broad SMARTS) is 2. The number of nitrogens with one attached hydrogen (secondary N) is 2. The molecule has 0 radical (unpaired) electrons. The zero-order chi connectivity index (χ0) is 22.9.